The lowest BCUT2D eigenvalue weighted by atomic mass is 10.2. The summed E-state index contributed by atoms with van der Waals surface area (Å²) in [7, 11) is 0. The maximum atomic E-state index is 12.6. The van der Waals surface area contributed by atoms with E-state index in [0.717, 1.165) is 16.8 Å². The number of aryl methyl sites for hydroxylation is 1. The molecule has 1 fully saturated rings. The van der Waals surface area contributed by atoms with Crippen LogP contribution >= 0.6 is 35.6 Å². The summed E-state index contributed by atoms with van der Waals surface area (Å²) in [6, 6.07) is 15.1. The molecule has 0 saturated carbocycles. The average molecular weight is 346 g/mol. The smallest absolute Gasteiger partial charge is 0.268 e. The van der Waals surface area contributed by atoms with Gasteiger partial charge < -0.3 is 0 Å². The Bertz CT molecular complexity index is 784. The number of carbonyl (C=O) groups is 1. The number of carbonyl (C=O) groups excluding carboxylic acids is 1. The second kappa shape index (κ2) is 6.24. The van der Waals surface area contributed by atoms with Crippen molar-refractivity contribution < 1.29 is 4.79 Å². The molecule has 0 radical (unpaired) electrons. The number of nitrogens with zero attached hydrogens (tertiary/aromatic N) is 1. The van der Waals surface area contributed by atoms with Gasteiger partial charge in [-0.25, -0.2) is 0 Å². The van der Waals surface area contributed by atoms with Gasteiger partial charge in [-0.2, -0.15) is 0 Å². The van der Waals surface area contributed by atoms with Gasteiger partial charge in [0.15, 0.2) is 4.32 Å². The zero-order valence-electron chi connectivity index (χ0n) is 11.7. The lowest BCUT2D eigenvalue weighted by Gasteiger charge is -2.14. The van der Waals surface area contributed by atoms with E-state index in [1.165, 1.54) is 11.8 Å². The van der Waals surface area contributed by atoms with E-state index in [1.807, 2.05) is 49.4 Å². The summed E-state index contributed by atoms with van der Waals surface area (Å²) < 4.78 is 0.552. The number of thiocarbonyl (C=S) groups is 1. The molecule has 1 aliphatic rings. The van der Waals surface area contributed by atoms with Crippen molar-refractivity contribution in [2.24, 2.45) is 0 Å². The summed E-state index contributed by atoms with van der Waals surface area (Å²) in [5, 5.41) is 0.671. The molecular weight excluding hydrogens is 334 g/mol. The van der Waals surface area contributed by atoms with Crippen molar-refractivity contribution in [2.45, 2.75) is 6.92 Å². The summed E-state index contributed by atoms with van der Waals surface area (Å²) in [5.74, 6) is -0.0875. The Morgan fingerprint density at radius 2 is 1.91 bits per heavy atom. The SMILES string of the molecule is Cc1cccc(N2C(=O)/C(=C\c3ccc(Cl)cc3)SC2=S)c1. The molecule has 3 rings (SSSR count). The van der Waals surface area contributed by atoms with Crippen molar-refractivity contribution in [3.63, 3.8) is 0 Å². The van der Waals surface area contributed by atoms with E-state index in [-0.39, 0.29) is 5.91 Å². The number of benzene rings is 2. The molecule has 1 saturated heterocycles. The first-order chi connectivity index (χ1) is 10.5. The van der Waals surface area contributed by atoms with Crippen molar-refractivity contribution in [3.8, 4) is 0 Å². The topological polar surface area (TPSA) is 20.3 Å². The van der Waals surface area contributed by atoms with Crippen molar-refractivity contribution in [3.05, 3.63) is 69.6 Å². The maximum absolute atomic E-state index is 12.6. The van der Waals surface area contributed by atoms with E-state index < -0.39 is 0 Å². The molecule has 22 heavy (non-hydrogen) atoms. The molecular formula is C17H12ClNOS2. The Hall–Kier alpha value is -1.62. The van der Waals surface area contributed by atoms with Crippen molar-refractivity contribution >= 4 is 57.6 Å². The first-order valence-electron chi connectivity index (χ1n) is 6.65. The summed E-state index contributed by atoms with van der Waals surface area (Å²) in [6.07, 6.45) is 1.84. The largest absolute Gasteiger partial charge is 0.270 e. The van der Waals surface area contributed by atoms with Crippen LogP contribution in [0.2, 0.25) is 5.02 Å². The lowest BCUT2D eigenvalue weighted by molar-refractivity contribution is -0.113. The molecule has 0 aliphatic carbocycles. The second-order valence-corrected chi connectivity index (χ2v) is 7.02. The number of hydrogen-bond donors (Lipinski definition) is 0. The fourth-order valence-corrected chi connectivity index (χ4v) is 3.59. The van der Waals surface area contributed by atoms with E-state index in [1.54, 1.807) is 17.0 Å². The van der Waals surface area contributed by atoms with Gasteiger partial charge in [0.05, 0.1) is 10.6 Å². The minimum atomic E-state index is -0.0875. The van der Waals surface area contributed by atoms with Crippen LogP contribution in [0.3, 0.4) is 0 Å². The maximum Gasteiger partial charge on any atom is 0.270 e. The number of thioether (sulfide) groups is 1. The van der Waals surface area contributed by atoms with Crippen LogP contribution in [0.15, 0.2) is 53.4 Å². The molecule has 5 heteroatoms. The first kappa shape index (κ1) is 15.3. The monoisotopic (exact) mass is 345 g/mol. The van der Waals surface area contributed by atoms with Crippen LogP contribution in [-0.2, 0) is 4.79 Å². The molecule has 2 aromatic carbocycles. The van der Waals surface area contributed by atoms with Gasteiger partial charge >= 0.3 is 0 Å². The van der Waals surface area contributed by atoms with E-state index in [9.17, 15) is 4.79 Å². The molecule has 0 bridgehead atoms. The standard InChI is InChI=1S/C17H12ClNOS2/c1-11-3-2-4-14(9-11)19-16(20)15(22-17(19)21)10-12-5-7-13(18)8-6-12/h2-10H,1H3/b15-10+. The van der Waals surface area contributed by atoms with E-state index in [0.29, 0.717) is 14.2 Å². The average Bonchev–Trinajstić information content (AvgIpc) is 2.76. The Morgan fingerprint density at radius 3 is 2.59 bits per heavy atom. The number of anilines is 1. The second-order valence-electron chi connectivity index (χ2n) is 4.91. The molecule has 0 atom stereocenters. The van der Waals surface area contributed by atoms with Gasteiger partial charge in [-0.3, -0.25) is 9.69 Å². The molecule has 110 valence electrons. The Morgan fingerprint density at radius 1 is 1.18 bits per heavy atom. The van der Waals surface area contributed by atoms with Crippen LogP contribution < -0.4 is 4.90 Å². The molecule has 0 N–H and O–H groups in total. The normalized spacial score (nSPS) is 16.6. The highest BCUT2D eigenvalue weighted by atomic mass is 35.5. The molecule has 0 spiro atoms. The number of halogens is 1. The van der Waals surface area contributed by atoms with Gasteiger partial charge in [0.1, 0.15) is 0 Å². The predicted molar refractivity (Wildman–Crippen MR) is 98.3 cm³/mol. The highest BCUT2D eigenvalue weighted by molar-refractivity contribution is 8.27. The number of amides is 1. The van der Waals surface area contributed by atoms with Gasteiger partial charge in [-0.1, -0.05) is 59.8 Å². The van der Waals surface area contributed by atoms with Crippen LogP contribution in [0.4, 0.5) is 5.69 Å². The third kappa shape index (κ3) is 3.09. The van der Waals surface area contributed by atoms with Crippen LogP contribution in [0, 0.1) is 6.92 Å². The van der Waals surface area contributed by atoms with Gasteiger partial charge in [0, 0.05) is 5.02 Å². The minimum absolute atomic E-state index is 0.0875. The molecule has 0 unspecified atom stereocenters. The first-order valence-corrected chi connectivity index (χ1v) is 8.25. The molecule has 0 aromatic heterocycles. The highest BCUT2D eigenvalue weighted by Gasteiger charge is 2.33. The highest BCUT2D eigenvalue weighted by Crippen LogP contribution is 2.36. The van der Waals surface area contributed by atoms with Gasteiger partial charge in [0.2, 0.25) is 0 Å². The van der Waals surface area contributed by atoms with Crippen molar-refractivity contribution in [2.75, 3.05) is 4.90 Å². The number of hydrogen-bond acceptors (Lipinski definition) is 3. The molecule has 2 nitrogen and oxygen atoms in total. The van der Waals surface area contributed by atoms with Crippen LogP contribution in [0.1, 0.15) is 11.1 Å². The molecule has 1 heterocycles. The zero-order valence-corrected chi connectivity index (χ0v) is 14.1. The molecule has 1 amide bonds. The summed E-state index contributed by atoms with van der Waals surface area (Å²) in [4.78, 5) is 14.8. The third-order valence-electron chi connectivity index (χ3n) is 3.22. The van der Waals surface area contributed by atoms with Gasteiger partial charge in [-0.15, -0.1) is 0 Å². The quantitative estimate of drug-likeness (QED) is 0.561. The summed E-state index contributed by atoms with van der Waals surface area (Å²) in [5.41, 5.74) is 2.82. The van der Waals surface area contributed by atoms with Crippen LogP contribution in [-0.4, -0.2) is 10.2 Å². The Labute approximate surface area is 143 Å². The summed E-state index contributed by atoms with van der Waals surface area (Å²) in [6.45, 7) is 1.99. The van der Waals surface area contributed by atoms with E-state index in [4.69, 9.17) is 23.8 Å². The van der Waals surface area contributed by atoms with Crippen LogP contribution in [0.25, 0.3) is 6.08 Å². The fraction of sp³-hybridized carbons (Fsp3) is 0.0588. The molecule has 2 aromatic rings. The van der Waals surface area contributed by atoms with E-state index >= 15 is 0 Å². The third-order valence-corrected chi connectivity index (χ3v) is 4.78. The van der Waals surface area contributed by atoms with Crippen LogP contribution in [0.5, 0.6) is 0 Å². The van der Waals surface area contributed by atoms with Gasteiger partial charge in [0.25, 0.3) is 5.91 Å². The Kier molecular flexibility index (Phi) is 4.34. The number of rotatable bonds is 2. The van der Waals surface area contributed by atoms with Crippen molar-refractivity contribution in [1.29, 1.82) is 0 Å². The van der Waals surface area contributed by atoms with E-state index in [2.05, 4.69) is 0 Å². The lowest BCUT2D eigenvalue weighted by Crippen LogP contribution is -2.27. The van der Waals surface area contributed by atoms with Gasteiger partial charge in [-0.05, 0) is 48.4 Å². The zero-order chi connectivity index (χ0) is 15.7. The Balaban J connectivity index is 1.93. The van der Waals surface area contributed by atoms with Crippen molar-refractivity contribution in [1.82, 2.24) is 0 Å². The molecule has 1 aliphatic heterocycles. The minimum Gasteiger partial charge on any atom is -0.268 e. The fourth-order valence-electron chi connectivity index (χ4n) is 2.17. The summed E-state index contributed by atoms with van der Waals surface area (Å²) >= 11 is 12.6. The predicted octanol–water partition coefficient (Wildman–Crippen LogP) is 5.05.